The van der Waals surface area contributed by atoms with Gasteiger partial charge in [-0.15, -0.1) is 0 Å². The van der Waals surface area contributed by atoms with E-state index in [2.05, 4.69) is 4.90 Å². The van der Waals surface area contributed by atoms with Crippen LogP contribution in [-0.4, -0.2) is 32.1 Å². The summed E-state index contributed by atoms with van der Waals surface area (Å²) >= 11 is 5.71. The van der Waals surface area contributed by atoms with E-state index in [1.807, 2.05) is 41.0 Å². The van der Waals surface area contributed by atoms with Gasteiger partial charge >= 0.3 is 5.97 Å². The molecule has 3 aromatic rings. The minimum absolute atomic E-state index is 0.0927. The average molecular weight is 340 g/mol. The number of benzene rings is 1. The van der Waals surface area contributed by atoms with Gasteiger partial charge in [-0.3, -0.25) is 4.79 Å². The van der Waals surface area contributed by atoms with Gasteiger partial charge in [-0.05, 0) is 30.2 Å². The third-order valence-electron chi connectivity index (χ3n) is 4.42. The molecule has 0 unspecified atom stereocenters. The van der Waals surface area contributed by atoms with Crippen LogP contribution in [0.2, 0.25) is 0 Å². The van der Waals surface area contributed by atoms with Crippen molar-refractivity contribution in [3.05, 3.63) is 59.7 Å². The van der Waals surface area contributed by atoms with E-state index in [1.54, 1.807) is 6.26 Å². The third kappa shape index (κ3) is 2.39. The molecule has 0 saturated carbocycles. The highest BCUT2D eigenvalue weighted by Crippen LogP contribution is 2.31. The van der Waals surface area contributed by atoms with Crippen LogP contribution in [0.15, 0.2) is 47.1 Å². The number of hydrogen-bond donors (Lipinski definition) is 1. The number of aliphatic carboxylic acids is 1. The molecule has 0 fully saturated rings. The van der Waals surface area contributed by atoms with Gasteiger partial charge in [-0.2, -0.15) is 0 Å². The van der Waals surface area contributed by atoms with E-state index >= 15 is 0 Å². The Balaban J connectivity index is 1.80. The molecule has 0 amide bonds. The zero-order valence-corrected chi connectivity index (χ0v) is 13.8. The van der Waals surface area contributed by atoms with Crippen molar-refractivity contribution >= 4 is 34.1 Å². The van der Waals surface area contributed by atoms with E-state index in [-0.39, 0.29) is 6.54 Å². The van der Waals surface area contributed by atoms with Crippen LogP contribution in [0.5, 0.6) is 0 Å². The monoisotopic (exact) mass is 340 g/mol. The minimum atomic E-state index is -0.871. The van der Waals surface area contributed by atoms with Crippen molar-refractivity contribution in [3.8, 4) is 0 Å². The average Bonchev–Trinajstić information content (AvgIpc) is 3.17. The Hall–Kier alpha value is -2.60. The van der Waals surface area contributed by atoms with Gasteiger partial charge in [0.1, 0.15) is 17.3 Å². The molecule has 2 aromatic heterocycles. The Morgan fingerprint density at radius 2 is 2.08 bits per heavy atom. The Morgan fingerprint density at radius 1 is 1.25 bits per heavy atom. The molecule has 0 atom stereocenters. The topological polar surface area (TPSA) is 58.6 Å². The first kappa shape index (κ1) is 15.0. The van der Waals surface area contributed by atoms with E-state index in [4.69, 9.17) is 16.6 Å². The molecule has 4 rings (SSSR count). The Kier molecular flexibility index (Phi) is 3.61. The summed E-state index contributed by atoms with van der Waals surface area (Å²) in [7, 11) is 0. The van der Waals surface area contributed by atoms with E-state index in [0.717, 1.165) is 40.9 Å². The second-order valence-electron chi connectivity index (χ2n) is 5.88. The van der Waals surface area contributed by atoms with Gasteiger partial charge < -0.3 is 19.0 Å². The number of carboxylic acid groups (broad SMARTS) is 1. The molecule has 0 radical (unpaired) electrons. The summed E-state index contributed by atoms with van der Waals surface area (Å²) < 4.78 is 7.25. The SMILES string of the molecule is O=C(O)Cn1c2c(c3ccccc31)CCN(Cc1ccco1)C2=S. The molecule has 1 aromatic carbocycles. The predicted octanol–water partition coefficient (Wildman–Crippen LogP) is 3.05. The highest BCUT2D eigenvalue weighted by molar-refractivity contribution is 7.80. The highest BCUT2D eigenvalue weighted by atomic mass is 32.1. The fourth-order valence-corrected chi connectivity index (χ4v) is 3.80. The number of furan rings is 1. The van der Waals surface area contributed by atoms with Crippen LogP contribution in [0.3, 0.4) is 0 Å². The quantitative estimate of drug-likeness (QED) is 0.740. The summed E-state index contributed by atoms with van der Waals surface area (Å²) in [5.74, 6) is -0.0220. The fourth-order valence-electron chi connectivity index (χ4n) is 3.41. The molecule has 0 aliphatic carbocycles. The van der Waals surface area contributed by atoms with E-state index in [0.29, 0.717) is 11.5 Å². The van der Waals surface area contributed by atoms with Gasteiger partial charge in [0.25, 0.3) is 0 Å². The van der Waals surface area contributed by atoms with E-state index in [1.165, 1.54) is 0 Å². The van der Waals surface area contributed by atoms with Crippen LogP contribution in [0.25, 0.3) is 10.9 Å². The molecule has 0 spiro atoms. The van der Waals surface area contributed by atoms with Crippen LogP contribution in [-0.2, 0) is 24.3 Å². The molecule has 1 aliphatic heterocycles. The molecular weight excluding hydrogens is 324 g/mol. The second kappa shape index (κ2) is 5.79. The van der Waals surface area contributed by atoms with Crippen LogP contribution < -0.4 is 0 Å². The second-order valence-corrected chi connectivity index (χ2v) is 6.27. The summed E-state index contributed by atoms with van der Waals surface area (Å²) in [6.45, 7) is 1.30. The van der Waals surface area contributed by atoms with Gasteiger partial charge in [0.2, 0.25) is 0 Å². The van der Waals surface area contributed by atoms with Gasteiger partial charge in [0, 0.05) is 17.4 Å². The molecule has 122 valence electrons. The molecule has 0 bridgehead atoms. The summed E-state index contributed by atoms with van der Waals surface area (Å²) in [6, 6.07) is 11.7. The number of rotatable bonds is 4. The maximum absolute atomic E-state index is 11.3. The lowest BCUT2D eigenvalue weighted by Gasteiger charge is -2.30. The zero-order chi connectivity index (χ0) is 16.7. The summed E-state index contributed by atoms with van der Waals surface area (Å²) in [4.78, 5) is 14.1. The molecule has 6 heteroatoms. The lowest BCUT2D eigenvalue weighted by molar-refractivity contribution is -0.137. The van der Waals surface area contributed by atoms with Gasteiger partial charge in [-0.1, -0.05) is 30.4 Å². The van der Waals surface area contributed by atoms with Crippen LogP contribution in [0, 0.1) is 0 Å². The number of fused-ring (bicyclic) bond motifs is 3. The first-order chi connectivity index (χ1) is 11.6. The smallest absolute Gasteiger partial charge is 0.323 e. The van der Waals surface area contributed by atoms with E-state index in [9.17, 15) is 9.90 Å². The van der Waals surface area contributed by atoms with Gasteiger partial charge in [0.05, 0.1) is 18.5 Å². The normalized spacial score (nSPS) is 14.2. The Bertz CT molecular complexity index is 927. The zero-order valence-electron chi connectivity index (χ0n) is 12.9. The predicted molar refractivity (Wildman–Crippen MR) is 94.1 cm³/mol. The largest absolute Gasteiger partial charge is 0.480 e. The maximum atomic E-state index is 11.3. The van der Waals surface area contributed by atoms with Crippen molar-refractivity contribution in [2.24, 2.45) is 0 Å². The number of nitrogens with zero attached hydrogens (tertiary/aromatic N) is 2. The Morgan fingerprint density at radius 3 is 2.83 bits per heavy atom. The van der Waals surface area contributed by atoms with Crippen molar-refractivity contribution in [1.29, 1.82) is 0 Å². The molecular formula is C18H16N2O3S. The van der Waals surface area contributed by atoms with E-state index < -0.39 is 5.97 Å². The third-order valence-corrected chi connectivity index (χ3v) is 4.87. The lowest BCUT2D eigenvalue weighted by Crippen LogP contribution is -2.37. The van der Waals surface area contributed by atoms with Crippen molar-refractivity contribution in [2.45, 2.75) is 19.5 Å². The van der Waals surface area contributed by atoms with Crippen LogP contribution >= 0.6 is 12.2 Å². The summed E-state index contributed by atoms with van der Waals surface area (Å²) in [5.41, 5.74) is 2.92. The molecule has 1 aliphatic rings. The standard InChI is InChI=1S/C18H16N2O3S/c21-16(22)11-20-15-6-2-1-5-13(15)14-7-8-19(18(24)17(14)20)10-12-4-3-9-23-12/h1-6,9H,7-8,10-11H2,(H,21,22). The number of aromatic nitrogens is 1. The maximum Gasteiger partial charge on any atom is 0.323 e. The Labute approximate surface area is 144 Å². The number of carboxylic acids is 1. The van der Waals surface area contributed by atoms with Crippen LogP contribution in [0.1, 0.15) is 17.0 Å². The molecule has 3 heterocycles. The fraction of sp³-hybridized carbons (Fsp3) is 0.222. The first-order valence-corrected chi connectivity index (χ1v) is 8.19. The molecule has 5 nitrogen and oxygen atoms in total. The summed E-state index contributed by atoms with van der Waals surface area (Å²) in [6.07, 6.45) is 2.48. The number of hydrogen-bond acceptors (Lipinski definition) is 3. The van der Waals surface area contributed by atoms with Crippen LogP contribution in [0.4, 0.5) is 0 Å². The highest BCUT2D eigenvalue weighted by Gasteiger charge is 2.29. The minimum Gasteiger partial charge on any atom is -0.480 e. The van der Waals surface area contributed by atoms with Crippen molar-refractivity contribution in [3.63, 3.8) is 0 Å². The molecule has 0 saturated heterocycles. The lowest BCUT2D eigenvalue weighted by atomic mass is 10.0. The number of carbonyl (C=O) groups is 1. The summed E-state index contributed by atoms with van der Waals surface area (Å²) in [5, 5.41) is 10.4. The first-order valence-electron chi connectivity index (χ1n) is 7.78. The van der Waals surface area contributed by atoms with Gasteiger partial charge in [-0.25, -0.2) is 0 Å². The molecule has 24 heavy (non-hydrogen) atoms. The van der Waals surface area contributed by atoms with Crippen molar-refractivity contribution < 1.29 is 14.3 Å². The van der Waals surface area contributed by atoms with Crippen molar-refractivity contribution in [1.82, 2.24) is 9.47 Å². The van der Waals surface area contributed by atoms with Crippen molar-refractivity contribution in [2.75, 3.05) is 6.54 Å². The number of thiocarbonyl (C=S) groups is 1. The number of para-hydroxylation sites is 1. The molecule has 1 N–H and O–H groups in total. The van der Waals surface area contributed by atoms with Gasteiger partial charge in [0.15, 0.2) is 0 Å².